The second-order valence-corrected chi connectivity index (χ2v) is 7.24. The molecule has 4 rings (SSSR count). The summed E-state index contributed by atoms with van der Waals surface area (Å²) in [5.74, 6) is -0.0136. The molecule has 5 N–H and O–H groups in total. The van der Waals surface area contributed by atoms with Gasteiger partial charge in [-0.3, -0.25) is 4.79 Å². The standard InChI is InChI=1S/C21H22O11/c1-28-8-5-9(23)14-12(6-8)30-20-11(29-2)4-3-10(15(20)17(14)25)31-21-19(27)18(26)16(24)13(7-22)32-21/h3-6,13,16,18-19,21-24,26-27H,7H2,1-2H3/t13-,16-,18+,19-,21+/m1/s1. The average molecular weight is 450 g/mol. The fraction of sp³-hybridized carbons (Fsp3) is 0.381. The SMILES string of the molecule is COc1cc(O)c2c(=O)c3c(O[C@H]4O[C@H](CO)[C@@H](O)[C@H](O)[C@H]4O)ccc(OC)c3oc2c1. The molecule has 1 aliphatic rings. The third-order valence-electron chi connectivity index (χ3n) is 5.35. The minimum atomic E-state index is -1.69. The Balaban J connectivity index is 1.89. The van der Waals surface area contributed by atoms with E-state index < -0.39 is 42.7 Å². The highest BCUT2D eigenvalue weighted by Gasteiger charge is 2.45. The number of hydrogen-bond acceptors (Lipinski definition) is 11. The molecule has 0 aliphatic carbocycles. The summed E-state index contributed by atoms with van der Waals surface area (Å²) in [4.78, 5) is 13.3. The maximum Gasteiger partial charge on any atom is 0.229 e. The van der Waals surface area contributed by atoms with Crippen molar-refractivity contribution in [2.24, 2.45) is 0 Å². The Morgan fingerprint density at radius 1 is 0.969 bits per heavy atom. The molecule has 1 aromatic heterocycles. The molecule has 3 aromatic rings. The Bertz CT molecular complexity index is 1200. The van der Waals surface area contributed by atoms with Gasteiger partial charge in [0.15, 0.2) is 11.3 Å². The predicted octanol–water partition coefficient (Wildman–Crippen LogP) is -0.152. The van der Waals surface area contributed by atoms with Gasteiger partial charge in [0.1, 0.15) is 58.0 Å². The van der Waals surface area contributed by atoms with Gasteiger partial charge in [-0.05, 0) is 12.1 Å². The molecular weight excluding hydrogens is 428 g/mol. The highest BCUT2D eigenvalue weighted by Crippen LogP contribution is 2.38. The Hall–Kier alpha value is -3.09. The van der Waals surface area contributed by atoms with E-state index in [1.807, 2.05) is 0 Å². The fourth-order valence-electron chi connectivity index (χ4n) is 3.65. The van der Waals surface area contributed by atoms with Crippen LogP contribution >= 0.6 is 0 Å². The highest BCUT2D eigenvalue weighted by molar-refractivity contribution is 5.98. The van der Waals surface area contributed by atoms with E-state index in [4.69, 9.17) is 23.4 Å². The maximum atomic E-state index is 13.3. The lowest BCUT2D eigenvalue weighted by Crippen LogP contribution is -2.60. The summed E-state index contributed by atoms with van der Waals surface area (Å²) in [6.07, 6.45) is -7.64. The Morgan fingerprint density at radius 2 is 1.69 bits per heavy atom. The second-order valence-electron chi connectivity index (χ2n) is 7.24. The van der Waals surface area contributed by atoms with Crippen LogP contribution in [0.4, 0.5) is 0 Å². The monoisotopic (exact) mass is 450 g/mol. The second kappa shape index (κ2) is 8.45. The molecule has 0 radical (unpaired) electrons. The Morgan fingerprint density at radius 3 is 2.34 bits per heavy atom. The third kappa shape index (κ3) is 3.49. The van der Waals surface area contributed by atoms with Crippen LogP contribution in [0.15, 0.2) is 33.5 Å². The predicted molar refractivity (Wildman–Crippen MR) is 109 cm³/mol. The van der Waals surface area contributed by atoms with Gasteiger partial charge in [0.25, 0.3) is 0 Å². The summed E-state index contributed by atoms with van der Waals surface area (Å²) in [5, 5.41) is 49.7. The van der Waals surface area contributed by atoms with Gasteiger partial charge in [-0.15, -0.1) is 0 Å². The van der Waals surface area contributed by atoms with Gasteiger partial charge >= 0.3 is 0 Å². The summed E-state index contributed by atoms with van der Waals surface area (Å²) in [6.45, 7) is -0.642. The van der Waals surface area contributed by atoms with Crippen molar-refractivity contribution in [1.82, 2.24) is 0 Å². The summed E-state index contributed by atoms with van der Waals surface area (Å²) >= 11 is 0. The van der Waals surface area contributed by atoms with Crippen LogP contribution in [0.25, 0.3) is 21.9 Å². The van der Waals surface area contributed by atoms with Crippen molar-refractivity contribution in [3.05, 3.63) is 34.5 Å². The van der Waals surface area contributed by atoms with Crippen molar-refractivity contribution < 1.29 is 48.9 Å². The van der Waals surface area contributed by atoms with Gasteiger partial charge in [-0.2, -0.15) is 0 Å². The van der Waals surface area contributed by atoms with E-state index in [1.54, 1.807) is 0 Å². The van der Waals surface area contributed by atoms with E-state index in [0.717, 1.165) is 0 Å². The molecular formula is C21H22O11. The van der Waals surface area contributed by atoms with E-state index in [0.29, 0.717) is 0 Å². The van der Waals surface area contributed by atoms with E-state index in [-0.39, 0.29) is 44.9 Å². The van der Waals surface area contributed by atoms with Crippen molar-refractivity contribution in [2.45, 2.75) is 30.7 Å². The minimum absolute atomic E-state index is 0.000237. The van der Waals surface area contributed by atoms with Crippen LogP contribution in [0.5, 0.6) is 23.0 Å². The number of aromatic hydroxyl groups is 1. The normalized spacial score (nSPS) is 25.8. The topological polar surface area (TPSA) is 168 Å². The van der Waals surface area contributed by atoms with E-state index in [1.165, 1.54) is 38.5 Å². The van der Waals surface area contributed by atoms with Crippen LogP contribution in [0, 0.1) is 0 Å². The molecule has 11 nitrogen and oxygen atoms in total. The first kappa shape index (κ1) is 22.1. The number of ether oxygens (including phenoxy) is 4. The fourth-order valence-corrected chi connectivity index (χ4v) is 3.65. The first-order valence-corrected chi connectivity index (χ1v) is 9.62. The molecule has 0 spiro atoms. The number of fused-ring (bicyclic) bond motifs is 2. The van der Waals surface area contributed by atoms with Gasteiger partial charge in [0.2, 0.25) is 11.7 Å². The number of phenolic OH excluding ortho intramolecular Hbond substituents is 1. The minimum Gasteiger partial charge on any atom is -0.507 e. The van der Waals surface area contributed by atoms with E-state index in [2.05, 4.69) is 0 Å². The molecule has 172 valence electrons. The first-order valence-electron chi connectivity index (χ1n) is 9.62. The molecule has 2 heterocycles. The molecule has 0 unspecified atom stereocenters. The summed E-state index contributed by atoms with van der Waals surface area (Å²) in [7, 11) is 2.77. The lowest BCUT2D eigenvalue weighted by molar-refractivity contribution is -0.277. The lowest BCUT2D eigenvalue weighted by Gasteiger charge is -2.39. The molecule has 0 bridgehead atoms. The number of aliphatic hydroxyl groups excluding tert-OH is 4. The van der Waals surface area contributed by atoms with Gasteiger partial charge in [0.05, 0.1) is 20.8 Å². The largest absolute Gasteiger partial charge is 0.507 e. The number of methoxy groups -OCH3 is 2. The number of aliphatic hydroxyl groups is 4. The van der Waals surface area contributed by atoms with E-state index >= 15 is 0 Å². The van der Waals surface area contributed by atoms with Crippen LogP contribution in [0.3, 0.4) is 0 Å². The molecule has 5 atom stereocenters. The molecule has 0 saturated carbocycles. The average Bonchev–Trinajstić information content (AvgIpc) is 2.78. The van der Waals surface area contributed by atoms with Crippen molar-refractivity contribution in [3.63, 3.8) is 0 Å². The number of hydrogen-bond donors (Lipinski definition) is 5. The first-order chi connectivity index (χ1) is 15.3. The Kier molecular flexibility index (Phi) is 5.84. The zero-order valence-electron chi connectivity index (χ0n) is 17.1. The van der Waals surface area contributed by atoms with Crippen LogP contribution in [-0.2, 0) is 4.74 Å². The smallest absolute Gasteiger partial charge is 0.229 e. The van der Waals surface area contributed by atoms with Gasteiger partial charge < -0.3 is 48.9 Å². The van der Waals surface area contributed by atoms with Crippen LogP contribution in [0.2, 0.25) is 0 Å². The van der Waals surface area contributed by atoms with Gasteiger partial charge in [-0.25, -0.2) is 0 Å². The molecule has 2 aromatic carbocycles. The maximum absolute atomic E-state index is 13.3. The number of phenols is 1. The summed E-state index contributed by atoms with van der Waals surface area (Å²) in [6, 6.07) is 5.51. The van der Waals surface area contributed by atoms with Crippen molar-refractivity contribution in [1.29, 1.82) is 0 Å². The zero-order valence-corrected chi connectivity index (χ0v) is 17.1. The van der Waals surface area contributed by atoms with Crippen LogP contribution < -0.4 is 19.6 Å². The van der Waals surface area contributed by atoms with Gasteiger partial charge in [0, 0.05) is 12.1 Å². The summed E-state index contributed by atoms with van der Waals surface area (Å²) in [5.41, 5.74) is -0.609. The summed E-state index contributed by atoms with van der Waals surface area (Å²) < 4.78 is 27.2. The lowest BCUT2D eigenvalue weighted by atomic mass is 9.99. The molecule has 1 fully saturated rings. The highest BCUT2D eigenvalue weighted by atomic mass is 16.7. The van der Waals surface area contributed by atoms with Crippen LogP contribution in [-0.4, -0.2) is 77.1 Å². The van der Waals surface area contributed by atoms with Crippen LogP contribution in [0.1, 0.15) is 0 Å². The van der Waals surface area contributed by atoms with Crippen molar-refractivity contribution in [3.8, 4) is 23.0 Å². The Labute approximate surface area is 180 Å². The molecule has 32 heavy (non-hydrogen) atoms. The third-order valence-corrected chi connectivity index (χ3v) is 5.35. The molecule has 1 saturated heterocycles. The molecule has 0 amide bonds. The van der Waals surface area contributed by atoms with E-state index in [9.17, 15) is 30.3 Å². The van der Waals surface area contributed by atoms with Crippen molar-refractivity contribution >= 4 is 21.9 Å². The number of benzene rings is 2. The molecule has 11 heteroatoms. The van der Waals surface area contributed by atoms with Crippen molar-refractivity contribution in [2.75, 3.05) is 20.8 Å². The molecule has 1 aliphatic heterocycles. The quantitative estimate of drug-likeness (QED) is 0.328. The van der Waals surface area contributed by atoms with Gasteiger partial charge in [-0.1, -0.05) is 0 Å². The zero-order chi connectivity index (χ0) is 23.2. The number of rotatable bonds is 5.